The van der Waals surface area contributed by atoms with E-state index in [4.69, 9.17) is 0 Å². The van der Waals surface area contributed by atoms with Crippen molar-refractivity contribution in [1.29, 1.82) is 0 Å². The second-order valence-corrected chi connectivity index (χ2v) is 7.39. The van der Waals surface area contributed by atoms with Crippen molar-refractivity contribution in [2.45, 2.75) is 31.0 Å². The minimum atomic E-state index is -4.47. The van der Waals surface area contributed by atoms with Gasteiger partial charge in [-0.05, 0) is 29.7 Å². The summed E-state index contributed by atoms with van der Waals surface area (Å²) in [6.07, 6.45) is -3.76. The molecule has 26 heavy (non-hydrogen) atoms. The van der Waals surface area contributed by atoms with Gasteiger partial charge in [0.15, 0.2) is 0 Å². The van der Waals surface area contributed by atoms with Gasteiger partial charge in [0.1, 0.15) is 0 Å². The molecular formula is C20H19F3INO. The van der Waals surface area contributed by atoms with Crippen molar-refractivity contribution in [3.63, 3.8) is 0 Å². The van der Waals surface area contributed by atoms with Crippen molar-refractivity contribution in [1.82, 2.24) is 4.90 Å². The summed E-state index contributed by atoms with van der Waals surface area (Å²) < 4.78 is 40.2. The maximum absolute atomic E-state index is 13.2. The Morgan fingerprint density at radius 3 is 2.35 bits per heavy atom. The van der Waals surface area contributed by atoms with E-state index < -0.39 is 17.2 Å². The zero-order valence-electron chi connectivity index (χ0n) is 14.5. The molecule has 3 rings (SSSR count). The number of hydrogen-bond donors (Lipinski definition) is 0. The van der Waals surface area contributed by atoms with Crippen LogP contribution in [0.5, 0.6) is 0 Å². The Labute approximate surface area is 164 Å². The summed E-state index contributed by atoms with van der Waals surface area (Å²) >= 11 is 2.28. The number of benzene rings is 2. The van der Waals surface area contributed by atoms with E-state index in [-0.39, 0.29) is 17.5 Å². The Morgan fingerprint density at radius 2 is 1.81 bits per heavy atom. The van der Waals surface area contributed by atoms with Crippen molar-refractivity contribution in [3.8, 4) is 0 Å². The van der Waals surface area contributed by atoms with Crippen molar-refractivity contribution in [2.75, 3.05) is 11.5 Å². The number of nitrogens with zero attached hydrogens (tertiary/aromatic N) is 1. The molecule has 0 aromatic heterocycles. The average molecular weight is 473 g/mol. The average Bonchev–Trinajstić information content (AvgIpc) is 2.64. The van der Waals surface area contributed by atoms with E-state index >= 15 is 0 Å². The van der Waals surface area contributed by atoms with E-state index in [1.54, 1.807) is 11.9 Å². The topological polar surface area (TPSA) is 20.3 Å². The lowest BCUT2D eigenvalue weighted by Crippen LogP contribution is -2.51. The largest absolute Gasteiger partial charge is 0.416 e. The van der Waals surface area contributed by atoms with E-state index in [1.165, 1.54) is 6.07 Å². The van der Waals surface area contributed by atoms with Gasteiger partial charge in [0.25, 0.3) is 5.91 Å². The van der Waals surface area contributed by atoms with Crippen molar-refractivity contribution < 1.29 is 18.0 Å². The van der Waals surface area contributed by atoms with Crippen LogP contribution in [0.3, 0.4) is 0 Å². The zero-order chi connectivity index (χ0) is 19.1. The maximum Gasteiger partial charge on any atom is 0.416 e. The molecule has 1 heterocycles. The molecule has 0 spiro atoms. The van der Waals surface area contributed by atoms with Crippen LogP contribution < -0.4 is 0 Å². The summed E-state index contributed by atoms with van der Waals surface area (Å²) in [6, 6.07) is 13.1. The zero-order valence-corrected chi connectivity index (χ0v) is 16.6. The highest BCUT2D eigenvalue weighted by molar-refractivity contribution is 14.1. The lowest BCUT2D eigenvalue weighted by Gasteiger charge is -2.49. The molecule has 0 radical (unpaired) electrons. The second-order valence-electron chi connectivity index (χ2n) is 6.63. The molecule has 2 aromatic carbocycles. The van der Waals surface area contributed by atoms with Crippen LogP contribution in [0, 0.1) is 0 Å². The third kappa shape index (κ3) is 2.92. The summed E-state index contributed by atoms with van der Waals surface area (Å²) in [5.41, 5.74) is 0.638. The molecule has 2 nitrogen and oxygen atoms in total. The van der Waals surface area contributed by atoms with Crippen molar-refractivity contribution in [2.24, 2.45) is 0 Å². The number of fused-ring (bicyclic) bond motifs is 1. The quantitative estimate of drug-likeness (QED) is 0.419. The first-order chi connectivity index (χ1) is 12.3. The second kappa shape index (κ2) is 6.87. The fraction of sp³-hybridized carbons (Fsp3) is 0.350. The molecule has 2 aromatic rings. The van der Waals surface area contributed by atoms with Gasteiger partial charge in [-0.25, -0.2) is 0 Å². The maximum atomic E-state index is 13.2. The fourth-order valence-electron chi connectivity index (χ4n) is 3.96. The lowest BCUT2D eigenvalue weighted by molar-refractivity contribution is -0.137. The first-order valence-corrected chi connectivity index (χ1v) is 9.88. The van der Waals surface area contributed by atoms with Crippen molar-refractivity contribution >= 4 is 28.5 Å². The summed E-state index contributed by atoms with van der Waals surface area (Å²) in [6.45, 7) is 2.03. The number of carbonyl (C=O) groups excluding carboxylic acids is 1. The highest BCUT2D eigenvalue weighted by Crippen LogP contribution is 2.50. The Bertz CT molecular complexity index is 816. The number of rotatable bonds is 3. The third-order valence-electron chi connectivity index (χ3n) is 5.33. The number of likely N-dealkylation sites (N-methyl/N-ethyl adjacent to an activating group) is 1. The first kappa shape index (κ1) is 19.2. The Hall–Kier alpha value is -1.57. The molecule has 0 aliphatic carbocycles. The van der Waals surface area contributed by atoms with E-state index in [2.05, 4.69) is 22.6 Å². The van der Waals surface area contributed by atoms with Gasteiger partial charge in [-0.2, -0.15) is 13.2 Å². The molecule has 0 unspecified atom stereocenters. The van der Waals surface area contributed by atoms with Crippen LogP contribution in [0.15, 0.2) is 48.5 Å². The molecule has 6 heteroatoms. The predicted octanol–water partition coefficient (Wildman–Crippen LogP) is 5.62. The Morgan fingerprint density at radius 1 is 1.15 bits per heavy atom. The van der Waals surface area contributed by atoms with E-state index in [0.717, 1.165) is 17.7 Å². The van der Waals surface area contributed by atoms with Crippen molar-refractivity contribution in [3.05, 3.63) is 70.8 Å². The molecule has 0 N–H and O–H groups in total. The molecule has 0 fully saturated rings. The monoisotopic (exact) mass is 473 g/mol. The summed E-state index contributed by atoms with van der Waals surface area (Å²) in [7, 11) is 1.68. The summed E-state index contributed by atoms with van der Waals surface area (Å²) in [5.74, 6) is -0.367. The van der Waals surface area contributed by atoms with E-state index in [1.807, 2.05) is 37.3 Å². The molecule has 1 aliphatic rings. The minimum Gasteiger partial charge on any atom is -0.334 e. The third-order valence-corrected chi connectivity index (χ3v) is 6.69. The summed E-state index contributed by atoms with van der Waals surface area (Å²) in [5, 5.41) is 0. The highest BCUT2D eigenvalue weighted by atomic mass is 127. The van der Waals surface area contributed by atoms with Crippen LogP contribution in [0.4, 0.5) is 13.2 Å². The van der Waals surface area contributed by atoms with Crippen LogP contribution in [-0.4, -0.2) is 22.3 Å². The Kier molecular flexibility index (Phi) is 5.07. The number of amides is 1. The standard InChI is InChI=1S/C20H19F3INO/c1-3-19(12-24)16-10-9-14(20(21,22)23)11-15(16)18(26)25(2)17(19)13-7-5-4-6-8-13/h4-11,17H,3,12H2,1-2H3/t17-,19-/m0/s1. The van der Waals surface area contributed by atoms with Gasteiger partial charge in [0, 0.05) is 22.5 Å². The predicted molar refractivity (Wildman–Crippen MR) is 104 cm³/mol. The summed E-state index contributed by atoms with van der Waals surface area (Å²) in [4.78, 5) is 14.6. The van der Waals surface area contributed by atoms with Crippen LogP contribution in [0.2, 0.25) is 0 Å². The number of alkyl halides is 4. The molecule has 0 saturated heterocycles. The van der Waals surface area contributed by atoms with Crippen LogP contribution in [0.25, 0.3) is 0 Å². The van der Waals surface area contributed by atoms with Crippen LogP contribution >= 0.6 is 22.6 Å². The highest BCUT2D eigenvalue weighted by Gasteiger charge is 2.49. The van der Waals surface area contributed by atoms with Gasteiger partial charge in [0.05, 0.1) is 11.6 Å². The molecule has 0 bridgehead atoms. The van der Waals surface area contributed by atoms with Crippen LogP contribution in [-0.2, 0) is 11.6 Å². The number of halogens is 4. The van der Waals surface area contributed by atoms with Gasteiger partial charge in [-0.3, -0.25) is 4.79 Å². The van der Waals surface area contributed by atoms with Gasteiger partial charge >= 0.3 is 6.18 Å². The van der Waals surface area contributed by atoms with Gasteiger partial charge in [-0.1, -0.05) is 65.9 Å². The number of hydrogen-bond acceptors (Lipinski definition) is 1. The molecule has 1 aliphatic heterocycles. The lowest BCUT2D eigenvalue weighted by atomic mass is 9.66. The van der Waals surface area contributed by atoms with Gasteiger partial charge in [0.2, 0.25) is 0 Å². The molecular weight excluding hydrogens is 454 g/mol. The first-order valence-electron chi connectivity index (χ1n) is 8.36. The number of carbonyl (C=O) groups is 1. The molecule has 138 valence electrons. The molecule has 0 saturated carbocycles. The minimum absolute atomic E-state index is 0.160. The van der Waals surface area contributed by atoms with E-state index in [9.17, 15) is 18.0 Å². The van der Waals surface area contributed by atoms with Gasteiger partial charge in [-0.15, -0.1) is 0 Å². The van der Waals surface area contributed by atoms with Crippen LogP contribution in [0.1, 0.15) is 46.4 Å². The van der Waals surface area contributed by atoms with Gasteiger partial charge < -0.3 is 4.90 Å². The molecule has 1 amide bonds. The molecule has 2 atom stereocenters. The SMILES string of the molecule is CC[C@]1(CI)c2ccc(C(F)(F)F)cc2C(=O)N(C)[C@H]1c1ccccc1. The fourth-order valence-corrected chi connectivity index (χ4v) is 5.33. The smallest absolute Gasteiger partial charge is 0.334 e. The Balaban J connectivity index is 2.26. The van der Waals surface area contributed by atoms with E-state index in [0.29, 0.717) is 16.4 Å². The normalized spacial score (nSPS) is 23.1.